The van der Waals surface area contributed by atoms with Crippen molar-refractivity contribution in [3.05, 3.63) is 35.9 Å². The van der Waals surface area contributed by atoms with Gasteiger partial charge in [0.25, 0.3) is 0 Å². The summed E-state index contributed by atoms with van der Waals surface area (Å²) in [7, 11) is 2.22. The number of likely N-dealkylation sites (tertiary alicyclic amines) is 1. The van der Waals surface area contributed by atoms with Gasteiger partial charge in [0.2, 0.25) is 0 Å². The monoisotopic (exact) mass is 243 g/mol. The molecule has 0 bridgehead atoms. The van der Waals surface area contributed by atoms with Crippen molar-refractivity contribution in [3.63, 3.8) is 0 Å². The van der Waals surface area contributed by atoms with Crippen molar-refractivity contribution in [2.24, 2.45) is 5.92 Å². The number of imidazole rings is 1. The Bertz CT molecular complexity index is 544. The molecule has 18 heavy (non-hydrogen) atoms. The number of hydrogen-bond donors (Lipinski definition) is 0. The van der Waals surface area contributed by atoms with Crippen molar-refractivity contribution in [1.29, 1.82) is 0 Å². The van der Waals surface area contributed by atoms with Gasteiger partial charge >= 0.3 is 0 Å². The van der Waals surface area contributed by atoms with Gasteiger partial charge in [-0.15, -0.1) is 0 Å². The molecule has 0 aliphatic carbocycles. The topological polar surface area (TPSA) is 20.5 Å². The van der Waals surface area contributed by atoms with Gasteiger partial charge in [-0.3, -0.25) is 0 Å². The average molecular weight is 243 g/mol. The van der Waals surface area contributed by atoms with Crippen LogP contribution in [0.3, 0.4) is 0 Å². The maximum atomic E-state index is 4.60. The molecule has 1 unspecified atom stereocenters. The van der Waals surface area contributed by atoms with Gasteiger partial charge in [-0.1, -0.05) is 6.07 Å². The number of pyridine rings is 1. The van der Waals surface area contributed by atoms with Crippen molar-refractivity contribution in [1.82, 2.24) is 14.3 Å². The molecule has 96 valence electrons. The molecule has 0 saturated carbocycles. The highest BCUT2D eigenvalue weighted by Crippen LogP contribution is 2.20. The minimum absolute atomic E-state index is 0.759. The molecule has 1 aliphatic heterocycles. The number of piperidine rings is 1. The molecule has 0 amide bonds. The molecular weight excluding hydrogens is 222 g/mol. The van der Waals surface area contributed by atoms with E-state index in [0.29, 0.717) is 0 Å². The van der Waals surface area contributed by atoms with Gasteiger partial charge in [-0.05, 0) is 50.9 Å². The molecule has 0 N–H and O–H groups in total. The fraction of sp³-hybridized carbons (Fsp3) is 0.533. The molecule has 2 aromatic heterocycles. The quantitative estimate of drug-likeness (QED) is 0.808. The number of hydrogen-bond acceptors (Lipinski definition) is 2. The van der Waals surface area contributed by atoms with Crippen LogP contribution in [0.1, 0.15) is 24.2 Å². The van der Waals surface area contributed by atoms with Crippen molar-refractivity contribution in [2.45, 2.75) is 26.2 Å². The van der Waals surface area contributed by atoms with Crippen molar-refractivity contribution in [2.75, 3.05) is 20.1 Å². The number of nitrogens with zero attached hydrogens (tertiary/aromatic N) is 3. The molecule has 1 aliphatic rings. The maximum Gasteiger partial charge on any atom is 0.113 e. The Hall–Kier alpha value is -1.35. The lowest BCUT2D eigenvalue weighted by atomic mass is 9.95. The third-order valence-electron chi connectivity index (χ3n) is 3.95. The first-order valence-electron chi connectivity index (χ1n) is 6.83. The predicted molar refractivity (Wildman–Crippen MR) is 73.9 cm³/mol. The molecule has 0 radical (unpaired) electrons. The third-order valence-corrected chi connectivity index (χ3v) is 3.95. The minimum Gasteiger partial charge on any atom is -0.306 e. The van der Waals surface area contributed by atoms with E-state index in [9.17, 15) is 0 Å². The Labute approximate surface area is 108 Å². The highest BCUT2D eigenvalue weighted by atomic mass is 15.1. The average Bonchev–Trinajstić information content (AvgIpc) is 2.72. The van der Waals surface area contributed by atoms with Gasteiger partial charge in [0.05, 0.1) is 11.7 Å². The van der Waals surface area contributed by atoms with E-state index in [4.69, 9.17) is 0 Å². The summed E-state index contributed by atoms with van der Waals surface area (Å²) in [5.41, 5.74) is 2.50. The number of rotatable bonds is 2. The smallest absolute Gasteiger partial charge is 0.113 e. The van der Waals surface area contributed by atoms with Crippen molar-refractivity contribution < 1.29 is 0 Å². The fourth-order valence-electron chi connectivity index (χ4n) is 3.00. The van der Waals surface area contributed by atoms with Crippen LogP contribution in [-0.2, 0) is 6.42 Å². The summed E-state index contributed by atoms with van der Waals surface area (Å²) in [5, 5.41) is 0. The molecule has 3 rings (SSSR count). The number of fused-ring (bicyclic) bond motifs is 1. The van der Waals surface area contributed by atoms with Crippen LogP contribution in [0.2, 0.25) is 0 Å². The lowest BCUT2D eigenvalue weighted by Gasteiger charge is -2.29. The van der Waals surface area contributed by atoms with Crippen LogP contribution in [0.5, 0.6) is 0 Å². The molecule has 3 heterocycles. The zero-order chi connectivity index (χ0) is 12.5. The van der Waals surface area contributed by atoms with Crippen LogP contribution < -0.4 is 0 Å². The summed E-state index contributed by atoms with van der Waals surface area (Å²) in [4.78, 5) is 7.04. The van der Waals surface area contributed by atoms with E-state index in [0.717, 1.165) is 12.3 Å². The second-order valence-corrected chi connectivity index (χ2v) is 5.65. The summed E-state index contributed by atoms with van der Waals surface area (Å²) in [5.74, 6) is 1.98. The predicted octanol–water partition coefficient (Wildman–Crippen LogP) is 2.53. The molecule has 1 atom stereocenters. The van der Waals surface area contributed by atoms with Gasteiger partial charge in [0, 0.05) is 19.2 Å². The van der Waals surface area contributed by atoms with E-state index in [-0.39, 0.29) is 0 Å². The lowest BCUT2D eigenvalue weighted by molar-refractivity contribution is 0.207. The second kappa shape index (κ2) is 4.73. The van der Waals surface area contributed by atoms with E-state index in [1.54, 1.807) is 0 Å². The lowest BCUT2D eigenvalue weighted by Crippen LogP contribution is -2.33. The number of aryl methyl sites for hydroxylation is 1. The van der Waals surface area contributed by atoms with Gasteiger partial charge in [-0.25, -0.2) is 4.98 Å². The summed E-state index contributed by atoms with van der Waals surface area (Å²) in [6.45, 7) is 4.59. The largest absolute Gasteiger partial charge is 0.306 e. The van der Waals surface area contributed by atoms with Crippen LogP contribution >= 0.6 is 0 Å². The van der Waals surface area contributed by atoms with E-state index in [1.165, 1.54) is 42.8 Å². The van der Waals surface area contributed by atoms with E-state index in [2.05, 4.69) is 46.6 Å². The highest BCUT2D eigenvalue weighted by molar-refractivity contribution is 5.46. The highest BCUT2D eigenvalue weighted by Gasteiger charge is 2.19. The molecule has 0 aromatic carbocycles. The first-order valence-corrected chi connectivity index (χ1v) is 6.83. The zero-order valence-electron chi connectivity index (χ0n) is 11.3. The molecule has 1 fully saturated rings. The Morgan fingerprint density at radius 3 is 3.11 bits per heavy atom. The molecule has 0 spiro atoms. The molecule has 1 saturated heterocycles. The molecular formula is C15H21N3. The van der Waals surface area contributed by atoms with E-state index >= 15 is 0 Å². The zero-order valence-corrected chi connectivity index (χ0v) is 11.3. The standard InChI is InChI=1S/C15H21N3/c1-12-5-6-14-9-16-15(18(14)10-12)8-13-4-3-7-17(2)11-13/h5-6,9-10,13H,3-4,7-8,11H2,1-2H3. The molecule has 3 nitrogen and oxygen atoms in total. The van der Waals surface area contributed by atoms with Gasteiger partial charge in [-0.2, -0.15) is 0 Å². The van der Waals surface area contributed by atoms with Gasteiger partial charge < -0.3 is 9.30 Å². The van der Waals surface area contributed by atoms with Gasteiger partial charge in [0.15, 0.2) is 0 Å². The Morgan fingerprint density at radius 1 is 1.39 bits per heavy atom. The fourth-order valence-corrected chi connectivity index (χ4v) is 3.00. The SMILES string of the molecule is Cc1ccc2cnc(CC3CCCN(C)C3)n2c1. The Balaban J connectivity index is 1.83. The van der Waals surface area contributed by atoms with Crippen molar-refractivity contribution >= 4 is 5.52 Å². The van der Waals surface area contributed by atoms with Crippen LogP contribution in [-0.4, -0.2) is 34.4 Å². The minimum atomic E-state index is 0.759. The summed E-state index contributed by atoms with van der Waals surface area (Å²) in [6.07, 6.45) is 7.95. The van der Waals surface area contributed by atoms with Crippen LogP contribution in [0, 0.1) is 12.8 Å². The number of aromatic nitrogens is 2. The molecule has 2 aromatic rings. The maximum absolute atomic E-state index is 4.60. The first-order chi connectivity index (χ1) is 8.72. The summed E-state index contributed by atoms with van der Waals surface area (Å²) >= 11 is 0. The summed E-state index contributed by atoms with van der Waals surface area (Å²) in [6, 6.07) is 4.30. The Morgan fingerprint density at radius 2 is 2.28 bits per heavy atom. The van der Waals surface area contributed by atoms with Crippen LogP contribution in [0.25, 0.3) is 5.52 Å². The third kappa shape index (κ3) is 2.27. The summed E-state index contributed by atoms with van der Waals surface area (Å²) < 4.78 is 2.25. The Kier molecular flexibility index (Phi) is 3.08. The normalized spacial score (nSPS) is 21.6. The van der Waals surface area contributed by atoms with Gasteiger partial charge in [0.1, 0.15) is 5.82 Å². The van der Waals surface area contributed by atoms with Crippen LogP contribution in [0.15, 0.2) is 24.5 Å². The molecule has 3 heteroatoms. The van der Waals surface area contributed by atoms with E-state index in [1.807, 2.05) is 6.20 Å². The van der Waals surface area contributed by atoms with Crippen molar-refractivity contribution in [3.8, 4) is 0 Å². The van der Waals surface area contributed by atoms with E-state index < -0.39 is 0 Å². The second-order valence-electron chi connectivity index (χ2n) is 5.65. The first kappa shape index (κ1) is 11.7. The van der Waals surface area contributed by atoms with Crippen LogP contribution in [0.4, 0.5) is 0 Å².